The molecule has 0 radical (unpaired) electrons. The molecule has 2 amide bonds. The molecule has 1 aliphatic heterocycles. The van der Waals surface area contributed by atoms with Gasteiger partial charge in [-0.2, -0.15) is 5.10 Å². The number of fused-ring (bicyclic) bond motifs is 1. The molecule has 2 heterocycles. The van der Waals surface area contributed by atoms with Gasteiger partial charge < -0.3 is 15.0 Å². The fraction of sp³-hybridized carbons (Fsp3) is 0.450. The highest BCUT2D eigenvalue weighted by Crippen LogP contribution is 2.17. The summed E-state index contributed by atoms with van der Waals surface area (Å²) >= 11 is 0. The molecule has 0 fully saturated rings. The molecule has 1 aromatic heterocycles. The van der Waals surface area contributed by atoms with E-state index in [2.05, 4.69) is 10.4 Å². The van der Waals surface area contributed by atoms with Gasteiger partial charge >= 0.3 is 0 Å². The van der Waals surface area contributed by atoms with Crippen molar-refractivity contribution in [2.24, 2.45) is 0 Å². The van der Waals surface area contributed by atoms with E-state index in [4.69, 9.17) is 4.74 Å². The van der Waals surface area contributed by atoms with Crippen molar-refractivity contribution in [2.75, 3.05) is 26.3 Å². The second-order valence-electron chi connectivity index (χ2n) is 6.65. The molecule has 7 nitrogen and oxygen atoms in total. The van der Waals surface area contributed by atoms with Crippen molar-refractivity contribution in [1.29, 1.82) is 0 Å². The lowest BCUT2D eigenvalue weighted by atomic mass is 10.2. The maximum absolute atomic E-state index is 13.1. The number of carbonyl (C=O) groups excluding carboxylic acids is 2. The molecular weight excluding hydrogens is 363 g/mol. The van der Waals surface area contributed by atoms with Crippen LogP contribution in [0.5, 0.6) is 0 Å². The van der Waals surface area contributed by atoms with Crippen molar-refractivity contribution < 1.29 is 18.7 Å². The van der Waals surface area contributed by atoms with Crippen LogP contribution in [0.4, 0.5) is 4.39 Å². The summed E-state index contributed by atoms with van der Waals surface area (Å²) < 4.78 is 19.9. The number of nitrogens with zero attached hydrogens (tertiary/aromatic N) is 3. The van der Waals surface area contributed by atoms with Gasteiger partial charge in [-0.15, -0.1) is 0 Å². The van der Waals surface area contributed by atoms with E-state index in [1.54, 1.807) is 27.8 Å². The zero-order valence-electron chi connectivity index (χ0n) is 16.0. The molecule has 0 atom stereocenters. The van der Waals surface area contributed by atoms with Gasteiger partial charge in [-0.3, -0.25) is 14.3 Å². The standard InChI is InChI=1S/C20H25FN4O3/c1-2-28-12-3-9-22-19(26)17-13-18-20(27)24(10-4-11-25(18)23-17)14-15-5-7-16(21)8-6-15/h5-8,13H,2-4,9-12,14H2,1H3,(H,22,26). The van der Waals surface area contributed by atoms with Crippen molar-refractivity contribution in [3.05, 3.63) is 53.1 Å². The zero-order valence-corrected chi connectivity index (χ0v) is 16.0. The molecule has 28 heavy (non-hydrogen) atoms. The highest BCUT2D eigenvalue weighted by Gasteiger charge is 2.26. The lowest BCUT2D eigenvalue weighted by Crippen LogP contribution is -2.30. The Morgan fingerprint density at radius 3 is 2.82 bits per heavy atom. The van der Waals surface area contributed by atoms with Crippen LogP contribution in [0.25, 0.3) is 0 Å². The Bertz CT molecular complexity index is 819. The van der Waals surface area contributed by atoms with E-state index in [0.717, 1.165) is 18.4 Å². The van der Waals surface area contributed by atoms with E-state index in [-0.39, 0.29) is 23.3 Å². The number of hydrogen-bond donors (Lipinski definition) is 1. The first kappa shape index (κ1) is 20.0. The van der Waals surface area contributed by atoms with Crippen LogP contribution in [0, 0.1) is 5.82 Å². The largest absolute Gasteiger partial charge is 0.382 e. The number of carbonyl (C=O) groups is 2. The second-order valence-corrected chi connectivity index (χ2v) is 6.65. The summed E-state index contributed by atoms with van der Waals surface area (Å²) in [5, 5.41) is 7.10. The molecule has 0 saturated carbocycles. The van der Waals surface area contributed by atoms with Gasteiger partial charge in [0.25, 0.3) is 11.8 Å². The molecule has 0 saturated heterocycles. The molecule has 0 spiro atoms. The summed E-state index contributed by atoms with van der Waals surface area (Å²) in [5.41, 5.74) is 1.50. The Morgan fingerprint density at radius 1 is 1.29 bits per heavy atom. The molecule has 1 aromatic carbocycles. The lowest BCUT2D eigenvalue weighted by Gasteiger charge is -2.20. The zero-order chi connectivity index (χ0) is 19.9. The minimum atomic E-state index is -0.305. The number of halogens is 1. The van der Waals surface area contributed by atoms with Gasteiger partial charge in [-0.1, -0.05) is 12.1 Å². The Morgan fingerprint density at radius 2 is 2.07 bits per heavy atom. The predicted molar refractivity (Wildman–Crippen MR) is 101 cm³/mol. The van der Waals surface area contributed by atoms with E-state index in [1.165, 1.54) is 12.1 Å². The van der Waals surface area contributed by atoms with Crippen LogP contribution in [0.1, 0.15) is 46.3 Å². The Labute approximate surface area is 163 Å². The first-order valence-corrected chi connectivity index (χ1v) is 9.56. The summed E-state index contributed by atoms with van der Waals surface area (Å²) in [6.45, 7) is 5.20. The molecule has 150 valence electrons. The van der Waals surface area contributed by atoms with Gasteiger partial charge in [0, 0.05) is 45.5 Å². The third-order valence-electron chi connectivity index (χ3n) is 4.56. The van der Waals surface area contributed by atoms with E-state index in [9.17, 15) is 14.0 Å². The molecule has 8 heteroatoms. The van der Waals surface area contributed by atoms with Crippen molar-refractivity contribution in [1.82, 2.24) is 20.0 Å². The Balaban J connectivity index is 1.65. The number of aryl methyl sites for hydroxylation is 1. The van der Waals surface area contributed by atoms with E-state index < -0.39 is 0 Å². The Kier molecular flexibility index (Phi) is 6.76. The number of benzene rings is 1. The molecule has 3 rings (SSSR count). The van der Waals surface area contributed by atoms with Gasteiger partial charge in [0.1, 0.15) is 11.5 Å². The van der Waals surface area contributed by atoms with Crippen molar-refractivity contribution >= 4 is 11.8 Å². The first-order valence-electron chi connectivity index (χ1n) is 9.56. The van der Waals surface area contributed by atoms with E-state index in [0.29, 0.717) is 45.1 Å². The maximum atomic E-state index is 13.1. The molecular formula is C20H25FN4O3. The van der Waals surface area contributed by atoms with Gasteiger partial charge in [0.2, 0.25) is 0 Å². The number of rotatable bonds is 8. The van der Waals surface area contributed by atoms with Crippen LogP contribution < -0.4 is 5.32 Å². The molecule has 0 bridgehead atoms. The monoisotopic (exact) mass is 388 g/mol. The average molecular weight is 388 g/mol. The summed E-state index contributed by atoms with van der Waals surface area (Å²) in [4.78, 5) is 26.9. The predicted octanol–water partition coefficient (Wildman–Crippen LogP) is 2.22. The van der Waals surface area contributed by atoms with Crippen LogP contribution in [0.15, 0.2) is 30.3 Å². The van der Waals surface area contributed by atoms with Crippen molar-refractivity contribution in [3.8, 4) is 0 Å². The van der Waals surface area contributed by atoms with E-state index in [1.807, 2.05) is 6.92 Å². The topological polar surface area (TPSA) is 76.5 Å². The summed E-state index contributed by atoms with van der Waals surface area (Å²) in [6, 6.07) is 7.66. The summed E-state index contributed by atoms with van der Waals surface area (Å²) in [7, 11) is 0. The number of aromatic nitrogens is 2. The molecule has 1 aliphatic rings. The summed E-state index contributed by atoms with van der Waals surface area (Å²) in [5.74, 6) is -0.777. The molecule has 1 N–H and O–H groups in total. The fourth-order valence-electron chi connectivity index (χ4n) is 3.12. The lowest BCUT2D eigenvalue weighted by molar-refractivity contribution is 0.0745. The SMILES string of the molecule is CCOCCCNC(=O)c1cc2n(n1)CCCN(Cc1ccc(F)cc1)C2=O. The normalized spacial score (nSPS) is 13.9. The maximum Gasteiger partial charge on any atom is 0.272 e. The van der Waals surface area contributed by atoms with Crippen LogP contribution in [0.3, 0.4) is 0 Å². The molecule has 2 aromatic rings. The Hall–Kier alpha value is -2.74. The van der Waals surface area contributed by atoms with Crippen LogP contribution in [-0.4, -0.2) is 52.8 Å². The number of nitrogens with one attached hydrogen (secondary N) is 1. The molecule has 0 unspecified atom stereocenters. The molecule has 0 aliphatic carbocycles. The van der Waals surface area contributed by atoms with Crippen molar-refractivity contribution in [2.45, 2.75) is 32.9 Å². The highest BCUT2D eigenvalue weighted by atomic mass is 19.1. The van der Waals surface area contributed by atoms with E-state index >= 15 is 0 Å². The first-order chi connectivity index (χ1) is 13.6. The van der Waals surface area contributed by atoms with Gasteiger partial charge in [0.05, 0.1) is 0 Å². The van der Waals surface area contributed by atoms with Crippen LogP contribution in [0.2, 0.25) is 0 Å². The van der Waals surface area contributed by atoms with Crippen molar-refractivity contribution in [3.63, 3.8) is 0 Å². The third kappa shape index (κ3) is 4.95. The van der Waals surface area contributed by atoms with Gasteiger partial charge in [-0.05, 0) is 37.5 Å². The number of amides is 2. The quantitative estimate of drug-likeness (QED) is 0.704. The van der Waals surface area contributed by atoms with Gasteiger partial charge in [0.15, 0.2) is 5.69 Å². The smallest absolute Gasteiger partial charge is 0.272 e. The third-order valence-corrected chi connectivity index (χ3v) is 4.56. The minimum absolute atomic E-state index is 0.176. The van der Waals surface area contributed by atoms with Gasteiger partial charge in [-0.25, -0.2) is 4.39 Å². The highest BCUT2D eigenvalue weighted by molar-refractivity contribution is 5.98. The summed E-state index contributed by atoms with van der Waals surface area (Å²) in [6.07, 6.45) is 1.45. The fourth-order valence-corrected chi connectivity index (χ4v) is 3.12. The number of ether oxygens (including phenoxy) is 1. The number of hydrogen-bond acceptors (Lipinski definition) is 4. The second kappa shape index (κ2) is 9.45. The van der Waals surface area contributed by atoms with Crippen LogP contribution >= 0.6 is 0 Å². The minimum Gasteiger partial charge on any atom is -0.382 e. The van der Waals surface area contributed by atoms with Crippen LogP contribution in [-0.2, 0) is 17.8 Å². The average Bonchev–Trinajstić information content (AvgIpc) is 3.06.